The van der Waals surface area contributed by atoms with Crippen molar-refractivity contribution in [1.82, 2.24) is 14.9 Å². The summed E-state index contributed by atoms with van der Waals surface area (Å²) in [5.41, 5.74) is 3.80. The average molecular weight is 459 g/mol. The molecule has 0 spiro atoms. The summed E-state index contributed by atoms with van der Waals surface area (Å²) in [5.74, 6) is 1.42. The monoisotopic (exact) mass is 458 g/mol. The van der Waals surface area contributed by atoms with Gasteiger partial charge in [0.2, 0.25) is 5.88 Å². The lowest BCUT2D eigenvalue weighted by Gasteiger charge is -2.34. The van der Waals surface area contributed by atoms with Crippen molar-refractivity contribution in [3.8, 4) is 11.6 Å². The van der Waals surface area contributed by atoms with E-state index in [0.717, 1.165) is 73.9 Å². The summed E-state index contributed by atoms with van der Waals surface area (Å²) >= 11 is 0. The predicted octanol–water partition coefficient (Wildman–Crippen LogP) is 4.43. The molecule has 0 saturated carbocycles. The first-order valence-electron chi connectivity index (χ1n) is 12.0. The topological polar surface area (TPSA) is 67.8 Å². The summed E-state index contributed by atoms with van der Waals surface area (Å²) in [6.07, 6.45) is 5.33. The summed E-state index contributed by atoms with van der Waals surface area (Å²) < 4.78 is 11.4. The molecule has 7 nitrogen and oxygen atoms in total. The van der Waals surface area contributed by atoms with Crippen LogP contribution >= 0.6 is 0 Å². The van der Waals surface area contributed by atoms with Crippen molar-refractivity contribution >= 4 is 11.6 Å². The van der Waals surface area contributed by atoms with Crippen molar-refractivity contribution in [2.75, 3.05) is 44.3 Å². The van der Waals surface area contributed by atoms with E-state index < -0.39 is 0 Å². The van der Waals surface area contributed by atoms with Crippen LogP contribution in [0.5, 0.6) is 11.6 Å². The summed E-state index contributed by atoms with van der Waals surface area (Å²) in [4.78, 5) is 26.9. The Morgan fingerprint density at radius 3 is 2.68 bits per heavy atom. The van der Waals surface area contributed by atoms with Crippen LogP contribution in [0.25, 0.3) is 0 Å². The van der Waals surface area contributed by atoms with E-state index in [-0.39, 0.29) is 11.8 Å². The fourth-order valence-electron chi connectivity index (χ4n) is 4.79. The van der Waals surface area contributed by atoms with E-state index in [9.17, 15) is 4.79 Å². The van der Waals surface area contributed by atoms with Crippen molar-refractivity contribution < 1.29 is 14.3 Å². The molecule has 3 heterocycles. The fourth-order valence-corrected chi connectivity index (χ4v) is 4.79. The first-order valence-corrected chi connectivity index (χ1v) is 12.0. The number of benzene rings is 2. The van der Waals surface area contributed by atoms with Gasteiger partial charge in [-0.3, -0.25) is 9.78 Å². The highest BCUT2D eigenvalue weighted by Gasteiger charge is 2.28. The number of aromatic nitrogens is 2. The van der Waals surface area contributed by atoms with E-state index in [0.29, 0.717) is 12.4 Å². The van der Waals surface area contributed by atoms with Gasteiger partial charge < -0.3 is 19.3 Å². The van der Waals surface area contributed by atoms with Crippen LogP contribution in [0.2, 0.25) is 0 Å². The highest BCUT2D eigenvalue weighted by Crippen LogP contribution is 2.30. The lowest BCUT2D eigenvalue weighted by Crippen LogP contribution is -2.40. The van der Waals surface area contributed by atoms with Gasteiger partial charge in [0.05, 0.1) is 25.1 Å². The van der Waals surface area contributed by atoms with E-state index in [1.807, 2.05) is 47.4 Å². The van der Waals surface area contributed by atoms with Crippen molar-refractivity contribution in [1.29, 1.82) is 0 Å². The number of amides is 1. The third-order valence-corrected chi connectivity index (χ3v) is 6.61. The Morgan fingerprint density at radius 2 is 1.85 bits per heavy atom. The van der Waals surface area contributed by atoms with Crippen LogP contribution in [0.1, 0.15) is 40.4 Å². The van der Waals surface area contributed by atoms with E-state index in [1.165, 1.54) is 0 Å². The van der Waals surface area contributed by atoms with Crippen LogP contribution in [-0.4, -0.2) is 60.2 Å². The molecule has 1 amide bonds. The maximum atomic E-state index is 13.6. The number of nitrogens with zero attached hydrogens (tertiary/aromatic N) is 4. The van der Waals surface area contributed by atoms with Gasteiger partial charge in [0.25, 0.3) is 5.91 Å². The van der Waals surface area contributed by atoms with Crippen LogP contribution < -0.4 is 9.64 Å². The third-order valence-electron chi connectivity index (χ3n) is 6.61. The van der Waals surface area contributed by atoms with Crippen LogP contribution in [0.3, 0.4) is 0 Å². The third kappa shape index (κ3) is 4.89. The molecule has 0 N–H and O–H groups in total. The van der Waals surface area contributed by atoms with Crippen molar-refractivity contribution in [3.63, 3.8) is 0 Å². The number of hydrogen-bond donors (Lipinski definition) is 0. The number of rotatable bonds is 5. The van der Waals surface area contributed by atoms with Crippen LogP contribution in [0.15, 0.2) is 60.9 Å². The summed E-state index contributed by atoms with van der Waals surface area (Å²) in [6, 6.07) is 15.6. The summed E-state index contributed by atoms with van der Waals surface area (Å²) in [5, 5.41) is 0. The lowest BCUT2D eigenvalue weighted by molar-refractivity contribution is 0.0705. The molecule has 5 rings (SSSR count). The Hall–Kier alpha value is -3.45. The molecule has 2 saturated heterocycles. The summed E-state index contributed by atoms with van der Waals surface area (Å²) in [6.45, 7) is 6.58. The minimum absolute atomic E-state index is 0.0851. The molecular formula is C27H30N4O3. The van der Waals surface area contributed by atoms with Crippen LogP contribution in [0.4, 0.5) is 5.69 Å². The van der Waals surface area contributed by atoms with Crippen molar-refractivity contribution in [2.45, 2.75) is 25.7 Å². The highest BCUT2D eigenvalue weighted by atomic mass is 16.5. The van der Waals surface area contributed by atoms with E-state index in [1.54, 1.807) is 12.4 Å². The Balaban J connectivity index is 1.31. The van der Waals surface area contributed by atoms with Gasteiger partial charge in [0.15, 0.2) is 0 Å². The fraction of sp³-hybridized carbons (Fsp3) is 0.370. The summed E-state index contributed by atoms with van der Waals surface area (Å²) in [7, 11) is 0. The number of anilines is 1. The van der Waals surface area contributed by atoms with E-state index >= 15 is 0 Å². The predicted molar refractivity (Wildman–Crippen MR) is 131 cm³/mol. The zero-order valence-electron chi connectivity index (χ0n) is 19.5. The SMILES string of the molecule is Cc1c(C(=O)N2CCCC(c3cncc(Oc4ccccc4)n3)C2)cccc1N1CCOCC1. The molecule has 2 fully saturated rings. The Kier molecular flexibility index (Phi) is 6.72. The van der Waals surface area contributed by atoms with Crippen LogP contribution in [-0.2, 0) is 4.74 Å². The smallest absolute Gasteiger partial charge is 0.254 e. The second-order valence-corrected chi connectivity index (χ2v) is 8.84. The number of carbonyl (C=O) groups excluding carboxylic acids is 1. The molecule has 7 heteroatoms. The Bertz CT molecular complexity index is 1130. The second kappa shape index (κ2) is 10.2. The number of carbonyl (C=O) groups is 1. The van der Waals surface area contributed by atoms with Gasteiger partial charge in [-0.2, -0.15) is 0 Å². The quantitative estimate of drug-likeness (QED) is 0.563. The Labute approximate surface area is 200 Å². The maximum absolute atomic E-state index is 13.6. The van der Waals surface area contributed by atoms with Gasteiger partial charge in [-0.05, 0) is 49.6 Å². The van der Waals surface area contributed by atoms with Crippen molar-refractivity contribution in [3.05, 3.63) is 77.7 Å². The molecule has 176 valence electrons. The molecule has 2 aromatic carbocycles. The average Bonchev–Trinajstić information content (AvgIpc) is 2.90. The minimum Gasteiger partial charge on any atom is -0.437 e. The molecule has 0 aliphatic carbocycles. The van der Waals surface area contributed by atoms with Gasteiger partial charge in [-0.25, -0.2) is 4.98 Å². The second-order valence-electron chi connectivity index (χ2n) is 8.84. The molecular weight excluding hydrogens is 428 g/mol. The van der Waals surface area contributed by atoms with Crippen molar-refractivity contribution in [2.24, 2.45) is 0 Å². The zero-order valence-corrected chi connectivity index (χ0v) is 19.5. The van der Waals surface area contributed by atoms with Gasteiger partial charge in [-0.15, -0.1) is 0 Å². The molecule has 1 atom stereocenters. The van der Waals surface area contributed by atoms with E-state index in [4.69, 9.17) is 14.5 Å². The molecule has 2 aliphatic heterocycles. The zero-order chi connectivity index (χ0) is 23.3. The molecule has 3 aromatic rings. The number of para-hydroxylation sites is 1. The minimum atomic E-state index is 0.0851. The number of piperidine rings is 1. The molecule has 0 bridgehead atoms. The van der Waals surface area contributed by atoms with Gasteiger partial charge in [-0.1, -0.05) is 24.3 Å². The normalized spacial score (nSPS) is 18.6. The number of ether oxygens (including phenoxy) is 2. The lowest BCUT2D eigenvalue weighted by atomic mass is 9.94. The molecule has 0 radical (unpaired) electrons. The largest absolute Gasteiger partial charge is 0.437 e. The number of hydrogen-bond acceptors (Lipinski definition) is 6. The van der Waals surface area contributed by atoms with Gasteiger partial charge in [0, 0.05) is 49.5 Å². The standard InChI is InChI=1S/C27H30N4O3/c1-20-23(10-5-11-25(20)30-13-15-33-16-14-30)27(32)31-12-6-7-21(19-31)24-17-28-18-26(29-24)34-22-8-3-2-4-9-22/h2-5,8-11,17-18,21H,6-7,12-16,19H2,1H3. The molecule has 1 unspecified atom stereocenters. The molecule has 1 aromatic heterocycles. The van der Waals surface area contributed by atoms with Crippen LogP contribution in [0, 0.1) is 6.92 Å². The molecule has 2 aliphatic rings. The van der Waals surface area contributed by atoms with Gasteiger partial charge in [0.1, 0.15) is 5.75 Å². The molecule has 34 heavy (non-hydrogen) atoms. The maximum Gasteiger partial charge on any atom is 0.254 e. The first kappa shape index (κ1) is 22.3. The van der Waals surface area contributed by atoms with E-state index in [2.05, 4.69) is 22.9 Å². The Morgan fingerprint density at radius 1 is 1.03 bits per heavy atom. The first-order chi connectivity index (χ1) is 16.7. The highest BCUT2D eigenvalue weighted by molar-refractivity contribution is 5.97. The number of morpholine rings is 1. The number of likely N-dealkylation sites (tertiary alicyclic amines) is 1. The van der Waals surface area contributed by atoms with Gasteiger partial charge >= 0.3 is 0 Å².